The Morgan fingerprint density at radius 2 is 1.55 bits per heavy atom. The van der Waals surface area contributed by atoms with Gasteiger partial charge in [-0.05, 0) is 40.5 Å². The second-order valence-electron chi connectivity index (χ2n) is 10.9. The lowest BCUT2D eigenvalue weighted by Gasteiger charge is -2.31. The second kappa shape index (κ2) is 11.2. The van der Waals surface area contributed by atoms with E-state index >= 15 is 0 Å². The van der Waals surface area contributed by atoms with Gasteiger partial charge in [0.1, 0.15) is 11.3 Å². The number of imide groups is 1. The number of nitrogens with zero attached hydrogens (tertiary/aromatic N) is 2. The summed E-state index contributed by atoms with van der Waals surface area (Å²) in [6.07, 6.45) is 3.74. The molecule has 0 bridgehead atoms. The Kier molecular flexibility index (Phi) is 7.28. The van der Waals surface area contributed by atoms with E-state index in [1.807, 2.05) is 54.6 Å². The summed E-state index contributed by atoms with van der Waals surface area (Å²) in [6.45, 7) is 0. The number of carbonyl (C=O) groups is 3. The van der Waals surface area contributed by atoms with Gasteiger partial charge in [0, 0.05) is 24.6 Å². The van der Waals surface area contributed by atoms with Crippen molar-refractivity contribution in [3.8, 4) is 5.75 Å². The first kappa shape index (κ1) is 28.5. The highest BCUT2D eigenvalue weighted by Gasteiger charge is 2.68. The third kappa shape index (κ3) is 5.01. The molecular formula is C34H27N3O7. The molecular weight excluding hydrogens is 562 g/mol. The third-order valence-electron chi connectivity index (χ3n) is 8.32. The van der Waals surface area contributed by atoms with Crippen LogP contribution in [0.1, 0.15) is 28.3 Å². The van der Waals surface area contributed by atoms with Crippen LogP contribution in [0.4, 0.5) is 11.4 Å². The molecule has 2 fully saturated rings. The van der Waals surface area contributed by atoms with Gasteiger partial charge in [0.05, 0.1) is 22.4 Å². The van der Waals surface area contributed by atoms with Crippen LogP contribution in [-0.4, -0.2) is 38.5 Å². The Balaban J connectivity index is 1.41. The van der Waals surface area contributed by atoms with Crippen LogP contribution < -0.4 is 10.2 Å². The van der Waals surface area contributed by atoms with Gasteiger partial charge in [0.15, 0.2) is 0 Å². The predicted octanol–water partition coefficient (Wildman–Crippen LogP) is 4.99. The molecule has 2 aliphatic heterocycles. The molecule has 0 aromatic heterocycles. The number of phenols is 1. The van der Waals surface area contributed by atoms with Gasteiger partial charge in [-0.25, -0.2) is 4.90 Å². The Hall–Kier alpha value is -5.61. The summed E-state index contributed by atoms with van der Waals surface area (Å²) in [5.74, 6) is -5.12. The molecule has 2 heterocycles. The van der Waals surface area contributed by atoms with Crippen molar-refractivity contribution in [1.82, 2.24) is 5.32 Å². The van der Waals surface area contributed by atoms with E-state index in [1.54, 1.807) is 24.3 Å². The molecule has 10 heteroatoms. The largest absolute Gasteiger partial charge is 0.508 e. The smallest absolute Gasteiger partial charge is 0.325 e. The second-order valence-corrected chi connectivity index (χ2v) is 10.9. The topological polar surface area (TPSA) is 150 Å². The number of hydrogen-bond acceptors (Lipinski definition) is 7. The van der Waals surface area contributed by atoms with E-state index in [9.17, 15) is 34.7 Å². The van der Waals surface area contributed by atoms with Crippen molar-refractivity contribution >= 4 is 41.3 Å². The molecule has 3 N–H and O–H groups in total. The summed E-state index contributed by atoms with van der Waals surface area (Å²) >= 11 is 0. The molecule has 44 heavy (non-hydrogen) atoms. The van der Waals surface area contributed by atoms with Crippen LogP contribution in [0.5, 0.6) is 5.75 Å². The zero-order valence-electron chi connectivity index (χ0n) is 23.2. The van der Waals surface area contributed by atoms with E-state index in [2.05, 4.69) is 5.32 Å². The molecule has 2 aliphatic rings. The van der Waals surface area contributed by atoms with Crippen LogP contribution in [0, 0.1) is 22.0 Å². The zero-order valence-corrected chi connectivity index (χ0v) is 23.2. The molecule has 0 spiro atoms. The number of hydrogen-bond donors (Lipinski definition) is 3. The van der Waals surface area contributed by atoms with E-state index in [1.165, 1.54) is 30.3 Å². The Morgan fingerprint density at radius 1 is 0.886 bits per heavy atom. The minimum absolute atomic E-state index is 0.00127. The number of aliphatic carboxylic acids is 1. The fraction of sp³-hybridized carbons (Fsp3) is 0.147. The summed E-state index contributed by atoms with van der Waals surface area (Å²) < 4.78 is 0. The average molecular weight is 590 g/mol. The summed E-state index contributed by atoms with van der Waals surface area (Å²) in [5, 5.41) is 35.1. The number of nitro groups is 1. The number of rotatable bonds is 8. The number of aromatic hydroxyl groups is 1. The summed E-state index contributed by atoms with van der Waals surface area (Å²) in [6, 6.07) is 27.4. The van der Waals surface area contributed by atoms with Crippen molar-refractivity contribution < 1.29 is 29.5 Å². The van der Waals surface area contributed by atoms with Crippen LogP contribution in [0.2, 0.25) is 0 Å². The first-order valence-corrected chi connectivity index (χ1v) is 13.9. The zero-order chi connectivity index (χ0) is 31.0. The van der Waals surface area contributed by atoms with E-state index in [4.69, 9.17) is 0 Å². The maximum Gasteiger partial charge on any atom is 0.325 e. The third-order valence-corrected chi connectivity index (χ3v) is 8.32. The maximum atomic E-state index is 14.1. The van der Waals surface area contributed by atoms with Crippen molar-refractivity contribution in [2.24, 2.45) is 11.8 Å². The highest BCUT2D eigenvalue weighted by Crippen LogP contribution is 2.51. The van der Waals surface area contributed by atoms with Crippen LogP contribution in [0.25, 0.3) is 12.2 Å². The average Bonchev–Trinajstić information content (AvgIpc) is 3.51. The van der Waals surface area contributed by atoms with Gasteiger partial charge in [0.2, 0.25) is 11.8 Å². The Labute approximate surface area is 252 Å². The number of carboxylic acid groups (broad SMARTS) is 1. The highest BCUT2D eigenvalue weighted by atomic mass is 16.6. The number of carboxylic acids is 1. The number of amides is 2. The molecule has 4 aromatic carbocycles. The van der Waals surface area contributed by atoms with Gasteiger partial charge < -0.3 is 10.2 Å². The Morgan fingerprint density at radius 3 is 2.18 bits per heavy atom. The molecule has 0 radical (unpaired) electrons. The monoisotopic (exact) mass is 589 g/mol. The lowest BCUT2D eigenvalue weighted by molar-refractivity contribution is -0.384. The molecule has 6 rings (SSSR count). The maximum absolute atomic E-state index is 14.1. The Bertz CT molecular complexity index is 1790. The molecule has 4 atom stereocenters. The van der Waals surface area contributed by atoms with Gasteiger partial charge in [-0.3, -0.25) is 29.8 Å². The summed E-state index contributed by atoms with van der Waals surface area (Å²) in [4.78, 5) is 53.0. The first-order valence-electron chi connectivity index (χ1n) is 13.9. The summed E-state index contributed by atoms with van der Waals surface area (Å²) in [5.41, 5.74) is 0.873. The van der Waals surface area contributed by atoms with Crippen molar-refractivity contribution in [2.45, 2.75) is 18.0 Å². The number of nitro benzene ring substituents is 1. The molecule has 220 valence electrons. The van der Waals surface area contributed by atoms with Gasteiger partial charge in [-0.2, -0.15) is 0 Å². The molecule has 2 amide bonds. The van der Waals surface area contributed by atoms with Crippen molar-refractivity contribution in [2.75, 3.05) is 4.90 Å². The minimum Gasteiger partial charge on any atom is -0.508 e. The van der Waals surface area contributed by atoms with Gasteiger partial charge in [-0.15, -0.1) is 0 Å². The minimum atomic E-state index is -1.89. The number of phenolic OH excluding ortho intramolecular Hbond substituents is 1. The molecule has 2 saturated heterocycles. The van der Waals surface area contributed by atoms with Crippen molar-refractivity contribution in [3.63, 3.8) is 0 Å². The van der Waals surface area contributed by atoms with Gasteiger partial charge in [-0.1, -0.05) is 84.9 Å². The molecule has 4 unspecified atom stereocenters. The quantitative estimate of drug-likeness (QED) is 0.113. The van der Waals surface area contributed by atoms with E-state index in [0.717, 1.165) is 22.1 Å². The van der Waals surface area contributed by atoms with Crippen LogP contribution >= 0.6 is 0 Å². The van der Waals surface area contributed by atoms with E-state index in [-0.39, 0.29) is 23.5 Å². The number of non-ortho nitro benzene ring substituents is 1. The number of benzene rings is 4. The first-order chi connectivity index (χ1) is 21.2. The molecule has 4 aromatic rings. The normalized spacial score (nSPS) is 22.8. The SMILES string of the molecule is O=C1C2C(c3ccc(/C=C/c4ccccc4)cc3)NC(Cc3ccc(O)cc3)(C(=O)O)C2C(=O)N1c1cccc([N+](=O)[O-])c1. The van der Waals surface area contributed by atoms with Crippen LogP contribution in [0.3, 0.4) is 0 Å². The fourth-order valence-corrected chi connectivity index (χ4v) is 6.23. The van der Waals surface area contributed by atoms with Crippen molar-refractivity contribution in [3.05, 3.63) is 135 Å². The molecule has 0 aliphatic carbocycles. The number of fused-ring (bicyclic) bond motifs is 1. The molecule has 10 nitrogen and oxygen atoms in total. The summed E-state index contributed by atoms with van der Waals surface area (Å²) in [7, 11) is 0. The fourth-order valence-electron chi connectivity index (χ4n) is 6.23. The lowest BCUT2D eigenvalue weighted by atomic mass is 9.76. The van der Waals surface area contributed by atoms with E-state index in [0.29, 0.717) is 11.1 Å². The van der Waals surface area contributed by atoms with Crippen LogP contribution in [-0.2, 0) is 20.8 Å². The number of nitrogens with one attached hydrogen (secondary N) is 1. The highest BCUT2D eigenvalue weighted by molar-refractivity contribution is 6.24. The number of anilines is 1. The van der Waals surface area contributed by atoms with Crippen LogP contribution in [0.15, 0.2) is 103 Å². The van der Waals surface area contributed by atoms with Crippen molar-refractivity contribution in [1.29, 1.82) is 0 Å². The van der Waals surface area contributed by atoms with Gasteiger partial charge in [0.25, 0.3) is 5.69 Å². The predicted molar refractivity (Wildman–Crippen MR) is 162 cm³/mol. The standard InChI is InChI=1S/C34H27N3O7/c38-27-17-13-23(14-18-27)20-34(33(41)42)29-28(31(39)36(32(29)40)25-7-4-8-26(19-25)37(43)44)30(35-34)24-15-11-22(12-16-24)10-9-21-5-2-1-3-6-21/h1-19,28-30,35,38H,20H2,(H,41,42)/b10-9+. The van der Waals surface area contributed by atoms with Gasteiger partial charge >= 0.3 is 5.97 Å². The number of carbonyl (C=O) groups excluding carboxylic acids is 2. The lowest BCUT2D eigenvalue weighted by Crippen LogP contribution is -2.57. The van der Waals surface area contributed by atoms with E-state index < -0.39 is 46.1 Å². The molecule has 0 saturated carbocycles.